The Morgan fingerprint density at radius 3 is 2.48 bits per heavy atom. The number of aromatic nitrogens is 1. The third-order valence-electron chi connectivity index (χ3n) is 4.80. The normalized spacial score (nSPS) is 12.0. The van der Waals surface area contributed by atoms with E-state index in [1.165, 1.54) is 25.1 Å². The second-order valence-corrected chi connectivity index (χ2v) is 7.40. The van der Waals surface area contributed by atoms with E-state index in [1.807, 2.05) is 17.7 Å². The maximum Gasteiger partial charge on any atom is 0.270 e. The van der Waals surface area contributed by atoms with Crippen molar-refractivity contribution in [3.8, 4) is 5.75 Å². The Balaban J connectivity index is 2.18. The van der Waals surface area contributed by atoms with Crippen LogP contribution in [0.1, 0.15) is 46.5 Å². The predicted octanol–water partition coefficient (Wildman–Crippen LogP) is 5.98. The van der Waals surface area contributed by atoms with Crippen molar-refractivity contribution in [1.82, 2.24) is 4.57 Å². The Hall–Kier alpha value is -2.40. The van der Waals surface area contributed by atoms with Crippen LogP contribution in [0.3, 0.4) is 0 Å². The van der Waals surface area contributed by atoms with Gasteiger partial charge in [-0.3, -0.25) is 4.79 Å². The first-order valence-electron chi connectivity index (χ1n) is 8.50. The van der Waals surface area contributed by atoms with Crippen molar-refractivity contribution in [2.24, 2.45) is 0 Å². The van der Waals surface area contributed by atoms with Crippen LogP contribution in [-0.2, 0) is 12.5 Å². The zero-order chi connectivity index (χ0) is 20.1. The van der Waals surface area contributed by atoms with Crippen molar-refractivity contribution < 1.29 is 18.7 Å². The number of aryl methyl sites for hydroxylation is 2. The number of ketones is 1. The number of Topliss-reactive ketones (excluding diaryl/α,β-unsaturated/α-hetero) is 1. The van der Waals surface area contributed by atoms with Gasteiger partial charge >= 0.3 is 0 Å². The van der Waals surface area contributed by atoms with Gasteiger partial charge in [0.05, 0.1) is 17.6 Å². The smallest absolute Gasteiger partial charge is 0.270 e. The Morgan fingerprint density at radius 1 is 1.22 bits per heavy atom. The largest absolute Gasteiger partial charge is 0.507 e. The molecule has 142 valence electrons. The van der Waals surface area contributed by atoms with E-state index >= 15 is 0 Å². The Kier molecular flexibility index (Phi) is 4.76. The average Bonchev–Trinajstić information content (AvgIpc) is 2.87. The molecule has 3 nitrogen and oxygen atoms in total. The molecule has 0 aliphatic carbocycles. The monoisotopic (exact) mass is 391 g/mol. The lowest BCUT2D eigenvalue weighted by Gasteiger charge is -2.15. The van der Waals surface area contributed by atoms with Crippen LogP contribution in [0, 0.1) is 13.8 Å². The number of carbonyl (C=O) groups excluding carboxylic acids is 1. The summed E-state index contributed by atoms with van der Waals surface area (Å²) in [5.74, 6) is -3.33. The number of phenolic OH excluding ortho intramolecular Hbond substituents is 1. The number of nitrogens with zero attached hydrogens (tertiary/aromatic N) is 1. The lowest BCUT2D eigenvalue weighted by molar-refractivity contribution is 0.0175. The fourth-order valence-corrected chi connectivity index (χ4v) is 3.64. The van der Waals surface area contributed by atoms with Crippen LogP contribution in [-0.4, -0.2) is 15.5 Å². The molecule has 1 heterocycles. The molecule has 2 aromatic carbocycles. The maximum atomic E-state index is 13.8. The fourth-order valence-electron chi connectivity index (χ4n) is 3.42. The van der Waals surface area contributed by atoms with Gasteiger partial charge in [0.25, 0.3) is 5.92 Å². The van der Waals surface area contributed by atoms with E-state index in [1.54, 1.807) is 13.0 Å². The first kappa shape index (κ1) is 19.4. The van der Waals surface area contributed by atoms with Crippen molar-refractivity contribution >= 4 is 28.3 Å². The minimum Gasteiger partial charge on any atom is -0.507 e. The van der Waals surface area contributed by atoms with Crippen molar-refractivity contribution in [3.63, 3.8) is 0 Å². The second kappa shape index (κ2) is 6.64. The molecule has 1 N–H and O–H groups in total. The van der Waals surface area contributed by atoms with E-state index in [2.05, 4.69) is 0 Å². The molecule has 0 saturated carbocycles. The van der Waals surface area contributed by atoms with E-state index in [4.69, 9.17) is 11.6 Å². The average molecular weight is 392 g/mol. The van der Waals surface area contributed by atoms with Crippen LogP contribution in [0.5, 0.6) is 5.75 Å². The summed E-state index contributed by atoms with van der Waals surface area (Å²) in [5.41, 5.74) is 2.93. The standard InChI is InChI=1S/C21H20ClF2NO2/c1-11-7-14(21(4,23)24)8-16-12(2)9-25(19(11)16)10-17-18(22)6-5-15(13(3)26)20(17)27/h5-9,27H,10H2,1-4H3. The highest BCUT2D eigenvalue weighted by atomic mass is 35.5. The third-order valence-corrected chi connectivity index (χ3v) is 5.16. The molecular formula is C21H20ClF2NO2. The maximum absolute atomic E-state index is 13.8. The summed E-state index contributed by atoms with van der Waals surface area (Å²) < 4.78 is 29.4. The molecule has 27 heavy (non-hydrogen) atoms. The summed E-state index contributed by atoms with van der Waals surface area (Å²) >= 11 is 6.26. The van der Waals surface area contributed by atoms with Crippen LogP contribution in [0.4, 0.5) is 8.78 Å². The Morgan fingerprint density at radius 2 is 1.89 bits per heavy atom. The summed E-state index contributed by atoms with van der Waals surface area (Å²) in [5, 5.41) is 11.5. The number of alkyl halides is 2. The van der Waals surface area contributed by atoms with Gasteiger partial charge in [-0.05, 0) is 56.2 Å². The molecule has 0 saturated heterocycles. The van der Waals surface area contributed by atoms with Gasteiger partial charge in [-0.1, -0.05) is 11.6 Å². The minimum atomic E-state index is -2.93. The predicted molar refractivity (Wildman–Crippen MR) is 103 cm³/mol. The molecule has 0 atom stereocenters. The van der Waals surface area contributed by atoms with Gasteiger partial charge < -0.3 is 9.67 Å². The van der Waals surface area contributed by atoms with E-state index in [0.29, 0.717) is 16.1 Å². The zero-order valence-electron chi connectivity index (χ0n) is 15.5. The van der Waals surface area contributed by atoms with E-state index in [9.17, 15) is 18.7 Å². The zero-order valence-corrected chi connectivity index (χ0v) is 16.3. The van der Waals surface area contributed by atoms with Crippen molar-refractivity contribution in [1.29, 1.82) is 0 Å². The quantitative estimate of drug-likeness (QED) is 0.556. The van der Waals surface area contributed by atoms with Gasteiger partial charge in [0, 0.05) is 34.7 Å². The minimum absolute atomic E-state index is 0.0344. The van der Waals surface area contributed by atoms with Crippen LogP contribution in [0.2, 0.25) is 5.02 Å². The number of benzene rings is 2. The fraction of sp³-hybridized carbons (Fsp3) is 0.286. The molecule has 0 fully saturated rings. The summed E-state index contributed by atoms with van der Waals surface area (Å²) in [4.78, 5) is 11.7. The van der Waals surface area contributed by atoms with Crippen LogP contribution >= 0.6 is 11.6 Å². The first-order chi connectivity index (χ1) is 12.5. The van der Waals surface area contributed by atoms with Crippen LogP contribution < -0.4 is 0 Å². The van der Waals surface area contributed by atoms with Crippen molar-refractivity contribution in [3.05, 3.63) is 63.3 Å². The van der Waals surface area contributed by atoms with Crippen molar-refractivity contribution in [2.45, 2.75) is 40.2 Å². The molecule has 1 aromatic heterocycles. The molecular weight excluding hydrogens is 372 g/mol. The molecule has 0 aliphatic heterocycles. The molecule has 6 heteroatoms. The highest BCUT2D eigenvalue weighted by Crippen LogP contribution is 2.36. The molecule has 0 radical (unpaired) electrons. The highest BCUT2D eigenvalue weighted by molar-refractivity contribution is 6.31. The Labute approximate surface area is 161 Å². The summed E-state index contributed by atoms with van der Waals surface area (Å²) in [6.07, 6.45) is 1.84. The molecule has 0 spiro atoms. The second-order valence-electron chi connectivity index (χ2n) is 7.00. The Bertz CT molecular complexity index is 1060. The van der Waals surface area contributed by atoms with Crippen molar-refractivity contribution in [2.75, 3.05) is 0 Å². The topological polar surface area (TPSA) is 42.2 Å². The number of rotatable bonds is 4. The molecule has 0 amide bonds. The SMILES string of the molecule is CC(=O)c1ccc(Cl)c(Cn2cc(C)c3cc(C(C)(F)F)cc(C)c32)c1O. The van der Waals surface area contributed by atoms with Gasteiger partial charge in [-0.15, -0.1) is 0 Å². The van der Waals surface area contributed by atoms with Gasteiger partial charge in [-0.2, -0.15) is 0 Å². The third kappa shape index (κ3) is 3.44. The van der Waals surface area contributed by atoms with Crippen LogP contribution in [0.15, 0.2) is 30.5 Å². The lowest BCUT2D eigenvalue weighted by atomic mass is 10.0. The summed E-state index contributed by atoms with van der Waals surface area (Å²) in [6.45, 7) is 6.10. The number of fused-ring (bicyclic) bond motifs is 1. The van der Waals surface area contributed by atoms with E-state index < -0.39 is 5.92 Å². The number of hydrogen-bond donors (Lipinski definition) is 1. The van der Waals surface area contributed by atoms with Crippen LogP contribution in [0.25, 0.3) is 10.9 Å². The number of hydrogen-bond acceptors (Lipinski definition) is 2. The van der Waals surface area contributed by atoms with E-state index in [-0.39, 0.29) is 29.2 Å². The van der Waals surface area contributed by atoms with Gasteiger partial charge in [0.15, 0.2) is 5.78 Å². The lowest BCUT2D eigenvalue weighted by Crippen LogP contribution is -2.08. The number of aromatic hydroxyl groups is 1. The molecule has 3 rings (SSSR count). The summed E-state index contributed by atoms with van der Waals surface area (Å²) in [6, 6.07) is 6.05. The summed E-state index contributed by atoms with van der Waals surface area (Å²) in [7, 11) is 0. The van der Waals surface area contributed by atoms with Gasteiger partial charge in [0.2, 0.25) is 0 Å². The van der Waals surface area contributed by atoms with Gasteiger partial charge in [-0.25, -0.2) is 8.78 Å². The molecule has 0 bridgehead atoms. The molecule has 3 aromatic rings. The molecule has 0 aliphatic rings. The van der Waals surface area contributed by atoms with Gasteiger partial charge in [0.1, 0.15) is 5.75 Å². The number of halogens is 3. The first-order valence-corrected chi connectivity index (χ1v) is 8.88. The van der Waals surface area contributed by atoms with E-state index in [0.717, 1.165) is 23.4 Å². The highest BCUT2D eigenvalue weighted by Gasteiger charge is 2.26. The molecule has 0 unspecified atom stereocenters. The number of phenols is 1. The number of carbonyl (C=O) groups is 1.